The summed E-state index contributed by atoms with van der Waals surface area (Å²) >= 11 is 0. The van der Waals surface area contributed by atoms with Gasteiger partial charge < -0.3 is 4.74 Å². The predicted molar refractivity (Wildman–Crippen MR) is 82.4 cm³/mol. The quantitative estimate of drug-likeness (QED) is 0.638. The maximum atomic E-state index is 12.4. The Hall–Kier alpha value is -2.69. The van der Waals surface area contributed by atoms with Gasteiger partial charge in [0.15, 0.2) is 5.78 Å². The topological polar surface area (TPSA) is 69.4 Å². The maximum Gasteiger partial charge on any atom is 0.277 e. The molecule has 0 unspecified atom stereocenters. The van der Waals surface area contributed by atoms with E-state index in [2.05, 4.69) is 0 Å². The van der Waals surface area contributed by atoms with Crippen LogP contribution in [0.2, 0.25) is 0 Å². The highest BCUT2D eigenvalue weighted by Gasteiger charge is 2.28. The van der Waals surface area contributed by atoms with Gasteiger partial charge in [0.05, 0.1) is 17.6 Å². The first-order valence-electron chi connectivity index (χ1n) is 7.10. The fraction of sp³-hybridized carbons (Fsp3) is 0.235. The number of para-hydroxylation sites is 1. The molecule has 2 aromatic carbocycles. The zero-order chi connectivity index (χ0) is 15.7. The third kappa shape index (κ3) is 2.24. The second-order valence-electron chi connectivity index (χ2n) is 5.23. The lowest BCUT2D eigenvalue weighted by atomic mass is 9.84. The monoisotopic (exact) mass is 297 g/mol. The summed E-state index contributed by atoms with van der Waals surface area (Å²) in [7, 11) is 1.51. The molecule has 1 aliphatic rings. The summed E-state index contributed by atoms with van der Waals surface area (Å²) < 4.78 is 5.37. The van der Waals surface area contributed by atoms with Crippen molar-refractivity contribution in [2.75, 3.05) is 7.11 Å². The van der Waals surface area contributed by atoms with E-state index in [-0.39, 0.29) is 11.5 Å². The number of nitrogens with zero attached hydrogens (tertiary/aromatic N) is 1. The Morgan fingerprint density at radius 3 is 2.59 bits per heavy atom. The van der Waals surface area contributed by atoms with E-state index in [0.29, 0.717) is 28.9 Å². The van der Waals surface area contributed by atoms with Crippen LogP contribution >= 0.6 is 0 Å². The number of Topliss-reactive ketones (excluding diaryl/α,β-unsaturated/α-hetero) is 1. The molecule has 0 radical (unpaired) electrons. The second kappa shape index (κ2) is 5.60. The first-order chi connectivity index (χ1) is 10.6. The molecule has 2 aromatic rings. The summed E-state index contributed by atoms with van der Waals surface area (Å²) in [6.45, 7) is 0. The molecule has 0 atom stereocenters. The van der Waals surface area contributed by atoms with Gasteiger partial charge in [-0.15, -0.1) is 0 Å². The number of aryl methyl sites for hydroxylation is 1. The van der Waals surface area contributed by atoms with Crippen LogP contribution in [0.25, 0.3) is 11.1 Å². The van der Waals surface area contributed by atoms with Crippen LogP contribution < -0.4 is 4.74 Å². The fourth-order valence-electron chi connectivity index (χ4n) is 3.00. The number of hydrogen-bond acceptors (Lipinski definition) is 4. The van der Waals surface area contributed by atoms with E-state index in [1.54, 1.807) is 24.3 Å². The molecule has 0 heterocycles. The number of ether oxygens (including phenoxy) is 1. The maximum absolute atomic E-state index is 12.4. The van der Waals surface area contributed by atoms with Crippen molar-refractivity contribution in [2.24, 2.45) is 0 Å². The Morgan fingerprint density at radius 1 is 1.09 bits per heavy atom. The first-order valence-corrected chi connectivity index (χ1v) is 7.10. The smallest absolute Gasteiger partial charge is 0.277 e. The van der Waals surface area contributed by atoms with E-state index in [4.69, 9.17) is 4.74 Å². The number of nitro benzene ring substituents is 1. The molecular weight excluding hydrogens is 282 g/mol. The average molecular weight is 297 g/mol. The van der Waals surface area contributed by atoms with Gasteiger partial charge in [0.25, 0.3) is 5.69 Å². The van der Waals surface area contributed by atoms with Crippen molar-refractivity contribution in [1.82, 2.24) is 0 Å². The Bertz CT molecular complexity index is 767. The van der Waals surface area contributed by atoms with Gasteiger partial charge >= 0.3 is 0 Å². The molecule has 112 valence electrons. The van der Waals surface area contributed by atoms with Gasteiger partial charge in [-0.1, -0.05) is 18.2 Å². The Morgan fingerprint density at radius 2 is 1.86 bits per heavy atom. The van der Waals surface area contributed by atoms with Crippen molar-refractivity contribution in [1.29, 1.82) is 0 Å². The molecule has 1 aliphatic carbocycles. The largest absolute Gasteiger partial charge is 0.496 e. The number of fused-ring (bicyclic) bond motifs is 1. The number of ketones is 1. The van der Waals surface area contributed by atoms with E-state index >= 15 is 0 Å². The first kappa shape index (κ1) is 14.3. The van der Waals surface area contributed by atoms with E-state index < -0.39 is 4.92 Å². The van der Waals surface area contributed by atoms with E-state index in [1.165, 1.54) is 13.2 Å². The molecule has 0 bridgehead atoms. The molecule has 22 heavy (non-hydrogen) atoms. The van der Waals surface area contributed by atoms with Crippen molar-refractivity contribution in [3.63, 3.8) is 0 Å². The molecule has 0 aliphatic heterocycles. The van der Waals surface area contributed by atoms with Gasteiger partial charge in [0.1, 0.15) is 5.75 Å². The Balaban J connectivity index is 2.35. The number of methoxy groups -OCH3 is 1. The average Bonchev–Trinajstić information content (AvgIpc) is 2.54. The molecule has 0 amide bonds. The van der Waals surface area contributed by atoms with Gasteiger partial charge in [-0.05, 0) is 30.5 Å². The number of rotatable bonds is 3. The Labute approximate surface area is 127 Å². The minimum Gasteiger partial charge on any atom is -0.496 e. The summed E-state index contributed by atoms with van der Waals surface area (Å²) in [5.41, 5.74) is 2.45. The summed E-state index contributed by atoms with van der Waals surface area (Å²) in [6.07, 6.45) is 2.08. The van der Waals surface area contributed by atoms with Crippen molar-refractivity contribution in [2.45, 2.75) is 19.3 Å². The van der Waals surface area contributed by atoms with Crippen molar-refractivity contribution in [3.8, 4) is 16.9 Å². The molecular formula is C17H15NO4. The lowest BCUT2D eigenvalue weighted by Gasteiger charge is -2.20. The van der Waals surface area contributed by atoms with Crippen molar-refractivity contribution < 1.29 is 14.5 Å². The SMILES string of the molecule is COc1ccc2c(c1-c1ccccc1[N+](=O)[O-])C(=O)CCC2. The van der Waals surface area contributed by atoms with Crippen LogP contribution in [0.1, 0.15) is 28.8 Å². The van der Waals surface area contributed by atoms with E-state index in [0.717, 1.165) is 18.4 Å². The summed E-state index contributed by atoms with van der Waals surface area (Å²) in [4.78, 5) is 23.3. The van der Waals surface area contributed by atoms with Gasteiger partial charge in [0, 0.05) is 23.6 Å². The van der Waals surface area contributed by atoms with E-state index in [1.807, 2.05) is 6.07 Å². The third-order valence-corrected chi connectivity index (χ3v) is 3.97. The Kier molecular flexibility index (Phi) is 3.63. The zero-order valence-corrected chi connectivity index (χ0v) is 12.2. The molecule has 0 aromatic heterocycles. The fourth-order valence-corrected chi connectivity index (χ4v) is 3.00. The molecule has 5 heteroatoms. The highest BCUT2D eigenvalue weighted by molar-refractivity contribution is 6.06. The number of hydrogen-bond donors (Lipinski definition) is 0. The zero-order valence-electron chi connectivity index (χ0n) is 12.2. The van der Waals surface area contributed by atoms with Gasteiger partial charge in [0.2, 0.25) is 0 Å². The normalized spacial score (nSPS) is 13.6. The highest BCUT2D eigenvalue weighted by Crippen LogP contribution is 2.42. The van der Waals surface area contributed by atoms with Crippen LogP contribution in [0.5, 0.6) is 5.75 Å². The van der Waals surface area contributed by atoms with Gasteiger partial charge in [-0.2, -0.15) is 0 Å². The van der Waals surface area contributed by atoms with Crippen LogP contribution in [0.4, 0.5) is 5.69 Å². The van der Waals surface area contributed by atoms with Crippen LogP contribution in [0, 0.1) is 10.1 Å². The van der Waals surface area contributed by atoms with Gasteiger partial charge in [-0.25, -0.2) is 0 Å². The number of benzene rings is 2. The molecule has 3 rings (SSSR count). The third-order valence-electron chi connectivity index (χ3n) is 3.97. The van der Waals surface area contributed by atoms with Gasteiger partial charge in [-0.3, -0.25) is 14.9 Å². The lowest BCUT2D eigenvalue weighted by molar-refractivity contribution is -0.384. The van der Waals surface area contributed by atoms with Crippen LogP contribution in [0.3, 0.4) is 0 Å². The molecule has 5 nitrogen and oxygen atoms in total. The lowest BCUT2D eigenvalue weighted by Crippen LogP contribution is -2.13. The van der Waals surface area contributed by atoms with Crippen LogP contribution in [0.15, 0.2) is 36.4 Å². The summed E-state index contributed by atoms with van der Waals surface area (Å²) in [5, 5.41) is 11.3. The minimum absolute atomic E-state index is 0.0208. The number of carbonyl (C=O) groups excluding carboxylic acids is 1. The standard InChI is InChI=1S/C17H15NO4/c1-22-15-10-9-11-5-4-8-14(19)16(11)17(15)12-6-2-3-7-13(12)18(20)21/h2-3,6-7,9-10H,4-5,8H2,1H3. The molecule has 0 saturated carbocycles. The molecule has 0 N–H and O–H groups in total. The molecule has 0 fully saturated rings. The molecule has 0 spiro atoms. The number of carbonyl (C=O) groups is 1. The van der Waals surface area contributed by atoms with Crippen LogP contribution in [-0.4, -0.2) is 17.8 Å². The predicted octanol–water partition coefficient (Wildman–Crippen LogP) is 3.79. The number of nitro groups is 1. The van der Waals surface area contributed by atoms with E-state index in [9.17, 15) is 14.9 Å². The van der Waals surface area contributed by atoms with Crippen molar-refractivity contribution >= 4 is 11.5 Å². The molecule has 0 saturated heterocycles. The minimum atomic E-state index is -0.429. The summed E-state index contributed by atoms with van der Waals surface area (Å²) in [5.74, 6) is 0.511. The second-order valence-corrected chi connectivity index (χ2v) is 5.23. The summed E-state index contributed by atoms with van der Waals surface area (Å²) in [6, 6.07) is 10.1. The highest BCUT2D eigenvalue weighted by atomic mass is 16.6. The van der Waals surface area contributed by atoms with Crippen LogP contribution in [-0.2, 0) is 6.42 Å². The van der Waals surface area contributed by atoms with Crippen molar-refractivity contribution in [3.05, 3.63) is 57.6 Å².